The van der Waals surface area contributed by atoms with Gasteiger partial charge in [-0.3, -0.25) is 0 Å². The summed E-state index contributed by atoms with van der Waals surface area (Å²) in [6, 6.07) is 4.74. The van der Waals surface area contributed by atoms with E-state index in [1.165, 1.54) is 13.2 Å². The lowest BCUT2D eigenvalue weighted by Gasteiger charge is -2.08. The summed E-state index contributed by atoms with van der Waals surface area (Å²) in [6.07, 6.45) is 0. The molecule has 0 saturated carbocycles. The van der Waals surface area contributed by atoms with Crippen LogP contribution in [-0.2, 0) is 16.4 Å². The number of sulfone groups is 1. The average molecular weight is 229 g/mol. The molecule has 15 heavy (non-hydrogen) atoms. The Morgan fingerprint density at radius 3 is 2.53 bits per heavy atom. The first-order valence-electron chi connectivity index (χ1n) is 4.65. The first kappa shape index (κ1) is 12.0. The van der Waals surface area contributed by atoms with Gasteiger partial charge in [0.2, 0.25) is 0 Å². The van der Waals surface area contributed by atoms with Crippen LogP contribution in [-0.4, -0.2) is 21.3 Å². The van der Waals surface area contributed by atoms with Gasteiger partial charge in [-0.15, -0.1) is 0 Å². The molecule has 0 spiro atoms. The molecule has 0 aliphatic rings. The molecule has 1 rings (SSSR count). The number of benzene rings is 1. The van der Waals surface area contributed by atoms with Crippen LogP contribution in [0.15, 0.2) is 23.1 Å². The summed E-state index contributed by atoms with van der Waals surface area (Å²) in [7, 11) is -1.64. The maximum atomic E-state index is 11.6. The lowest BCUT2D eigenvalue weighted by molar-refractivity contribution is 0.409. The third-order valence-corrected chi connectivity index (χ3v) is 3.94. The molecule has 0 radical (unpaired) electrons. The molecule has 0 aromatic heterocycles. The molecule has 1 aromatic carbocycles. The Labute approximate surface area is 90.0 Å². The first-order valence-corrected chi connectivity index (χ1v) is 6.30. The van der Waals surface area contributed by atoms with Crippen LogP contribution in [0.25, 0.3) is 0 Å². The van der Waals surface area contributed by atoms with Gasteiger partial charge in [0.1, 0.15) is 5.75 Å². The summed E-state index contributed by atoms with van der Waals surface area (Å²) in [5.41, 5.74) is 6.21. The van der Waals surface area contributed by atoms with Gasteiger partial charge < -0.3 is 10.5 Å². The molecule has 0 bridgehead atoms. The van der Waals surface area contributed by atoms with Gasteiger partial charge >= 0.3 is 0 Å². The number of methoxy groups -OCH3 is 1. The van der Waals surface area contributed by atoms with E-state index in [-0.39, 0.29) is 12.3 Å². The van der Waals surface area contributed by atoms with Crippen molar-refractivity contribution in [2.45, 2.75) is 18.4 Å². The van der Waals surface area contributed by atoms with Gasteiger partial charge in [0.05, 0.1) is 17.8 Å². The van der Waals surface area contributed by atoms with Crippen LogP contribution in [0.3, 0.4) is 0 Å². The SMILES string of the molecule is CCS(=O)(=O)c1ccc(OC)c(CN)c1. The standard InChI is InChI=1S/C10H15NO3S/c1-3-15(12,13)9-4-5-10(14-2)8(6-9)7-11/h4-6H,3,7,11H2,1-2H3. The average Bonchev–Trinajstić information content (AvgIpc) is 2.28. The van der Waals surface area contributed by atoms with E-state index in [1.54, 1.807) is 19.1 Å². The molecule has 5 heteroatoms. The van der Waals surface area contributed by atoms with Crippen LogP contribution in [0.1, 0.15) is 12.5 Å². The largest absolute Gasteiger partial charge is 0.496 e. The highest BCUT2D eigenvalue weighted by molar-refractivity contribution is 7.91. The minimum atomic E-state index is -3.17. The van der Waals surface area contributed by atoms with Gasteiger partial charge in [0.15, 0.2) is 9.84 Å². The van der Waals surface area contributed by atoms with Crippen molar-refractivity contribution in [3.8, 4) is 5.75 Å². The van der Waals surface area contributed by atoms with Crippen LogP contribution in [0, 0.1) is 0 Å². The predicted molar refractivity (Wildman–Crippen MR) is 58.6 cm³/mol. The van der Waals surface area contributed by atoms with Crippen molar-refractivity contribution in [1.29, 1.82) is 0 Å². The highest BCUT2D eigenvalue weighted by Gasteiger charge is 2.13. The zero-order valence-corrected chi connectivity index (χ0v) is 9.67. The van der Waals surface area contributed by atoms with Gasteiger partial charge in [0.25, 0.3) is 0 Å². The quantitative estimate of drug-likeness (QED) is 0.834. The van der Waals surface area contributed by atoms with Gasteiger partial charge in [-0.1, -0.05) is 6.92 Å². The lowest BCUT2D eigenvalue weighted by Crippen LogP contribution is -2.06. The second-order valence-corrected chi connectivity index (χ2v) is 5.36. The Morgan fingerprint density at radius 2 is 2.07 bits per heavy atom. The molecule has 84 valence electrons. The van der Waals surface area contributed by atoms with Crippen molar-refractivity contribution in [1.82, 2.24) is 0 Å². The number of ether oxygens (including phenoxy) is 1. The Kier molecular flexibility index (Phi) is 3.71. The van der Waals surface area contributed by atoms with Gasteiger partial charge in [-0.05, 0) is 18.2 Å². The minimum absolute atomic E-state index is 0.0866. The second-order valence-electron chi connectivity index (χ2n) is 3.08. The topological polar surface area (TPSA) is 69.4 Å². The highest BCUT2D eigenvalue weighted by atomic mass is 32.2. The summed E-state index contributed by atoms with van der Waals surface area (Å²) in [6.45, 7) is 1.87. The highest BCUT2D eigenvalue weighted by Crippen LogP contribution is 2.22. The fraction of sp³-hybridized carbons (Fsp3) is 0.400. The lowest BCUT2D eigenvalue weighted by atomic mass is 10.2. The molecule has 0 aliphatic heterocycles. The normalized spacial score (nSPS) is 11.4. The van der Waals surface area contributed by atoms with Crippen LogP contribution in [0.5, 0.6) is 5.75 Å². The van der Waals surface area contributed by atoms with E-state index >= 15 is 0 Å². The molecule has 0 atom stereocenters. The molecule has 1 aromatic rings. The zero-order valence-electron chi connectivity index (χ0n) is 8.86. The van der Waals surface area contributed by atoms with E-state index in [9.17, 15) is 8.42 Å². The first-order chi connectivity index (χ1) is 7.05. The summed E-state index contributed by atoms with van der Waals surface area (Å²) >= 11 is 0. The third-order valence-electron chi connectivity index (χ3n) is 2.21. The summed E-state index contributed by atoms with van der Waals surface area (Å²) in [5, 5.41) is 0. The number of hydrogen-bond acceptors (Lipinski definition) is 4. The van der Waals surface area contributed by atoms with Crippen molar-refractivity contribution < 1.29 is 13.2 Å². The summed E-state index contributed by atoms with van der Waals surface area (Å²) < 4.78 is 28.2. The Hall–Kier alpha value is -1.07. The van der Waals surface area contributed by atoms with E-state index in [0.717, 1.165) is 0 Å². The number of nitrogens with two attached hydrogens (primary N) is 1. The summed E-state index contributed by atoms with van der Waals surface area (Å²) in [4.78, 5) is 0.297. The molecular formula is C10H15NO3S. The van der Waals surface area contributed by atoms with E-state index in [2.05, 4.69) is 0 Å². The van der Waals surface area contributed by atoms with Crippen LogP contribution in [0.2, 0.25) is 0 Å². The van der Waals surface area contributed by atoms with Crippen LogP contribution >= 0.6 is 0 Å². The molecule has 0 saturated heterocycles. The van der Waals surface area contributed by atoms with Crippen molar-refractivity contribution in [2.24, 2.45) is 5.73 Å². The molecule has 0 aliphatic carbocycles. The second kappa shape index (κ2) is 4.63. The molecule has 4 nitrogen and oxygen atoms in total. The van der Waals surface area contributed by atoms with Crippen molar-refractivity contribution in [3.63, 3.8) is 0 Å². The maximum Gasteiger partial charge on any atom is 0.178 e. The molecule has 0 unspecified atom stereocenters. The Balaban J connectivity index is 3.26. The van der Waals surface area contributed by atoms with Gasteiger partial charge in [-0.25, -0.2) is 8.42 Å². The molecule has 0 heterocycles. The third kappa shape index (κ3) is 2.49. The molecular weight excluding hydrogens is 214 g/mol. The Morgan fingerprint density at radius 1 is 1.40 bits per heavy atom. The van der Waals surface area contributed by atoms with Crippen molar-refractivity contribution in [3.05, 3.63) is 23.8 Å². The van der Waals surface area contributed by atoms with E-state index in [1.807, 2.05) is 0 Å². The van der Waals surface area contributed by atoms with E-state index < -0.39 is 9.84 Å². The monoisotopic (exact) mass is 229 g/mol. The fourth-order valence-corrected chi connectivity index (χ4v) is 2.21. The van der Waals surface area contributed by atoms with E-state index in [4.69, 9.17) is 10.5 Å². The molecule has 0 amide bonds. The molecule has 0 fully saturated rings. The fourth-order valence-electron chi connectivity index (χ4n) is 1.27. The smallest absolute Gasteiger partial charge is 0.178 e. The predicted octanol–water partition coefficient (Wildman–Crippen LogP) is 0.948. The van der Waals surface area contributed by atoms with Crippen LogP contribution < -0.4 is 10.5 Å². The maximum absolute atomic E-state index is 11.6. The van der Waals surface area contributed by atoms with Crippen molar-refractivity contribution >= 4 is 9.84 Å². The molecule has 2 N–H and O–H groups in total. The van der Waals surface area contributed by atoms with Gasteiger partial charge in [-0.2, -0.15) is 0 Å². The van der Waals surface area contributed by atoms with Crippen LogP contribution in [0.4, 0.5) is 0 Å². The minimum Gasteiger partial charge on any atom is -0.496 e. The van der Waals surface area contributed by atoms with Crippen molar-refractivity contribution in [2.75, 3.05) is 12.9 Å². The number of rotatable bonds is 4. The van der Waals surface area contributed by atoms with E-state index in [0.29, 0.717) is 16.2 Å². The Bertz CT molecular complexity index is 440. The van der Waals surface area contributed by atoms with Gasteiger partial charge in [0, 0.05) is 12.1 Å². The summed E-state index contributed by atoms with van der Waals surface area (Å²) in [5.74, 6) is 0.705. The number of hydrogen-bond donors (Lipinski definition) is 1. The zero-order chi connectivity index (χ0) is 11.5.